The number of nitrogens with one attached hydrogen (secondary N) is 1. The summed E-state index contributed by atoms with van der Waals surface area (Å²) in [6.45, 7) is 0.521. The number of hydrogen-bond donors (Lipinski definition) is 1. The first kappa shape index (κ1) is 14.5. The SMILES string of the molecule is COCCONS(=O)(=O)c1ccc2c(c1)CCCC2. The largest absolute Gasteiger partial charge is 0.382 e. The maximum atomic E-state index is 12.0. The fraction of sp³-hybridized carbons (Fsp3) is 0.538. The Balaban J connectivity index is 2.07. The van der Waals surface area contributed by atoms with Gasteiger partial charge in [0.15, 0.2) is 0 Å². The second-order valence-corrected chi connectivity index (χ2v) is 6.21. The zero-order valence-electron chi connectivity index (χ0n) is 11.0. The van der Waals surface area contributed by atoms with E-state index < -0.39 is 10.0 Å². The van der Waals surface area contributed by atoms with Gasteiger partial charge in [-0.05, 0) is 48.9 Å². The first-order chi connectivity index (χ1) is 9.13. The quantitative estimate of drug-likeness (QED) is 0.634. The lowest BCUT2D eigenvalue weighted by atomic mass is 9.92. The molecule has 0 aliphatic heterocycles. The normalized spacial score (nSPS) is 15.2. The molecule has 0 unspecified atom stereocenters. The number of benzene rings is 1. The first-order valence-corrected chi connectivity index (χ1v) is 7.86. The van der Waals surface area contributed by atoms with E-state index >= 15 is 0 Å². The standard InChI is InChI=1S/C13H19NO4S/c1-17-8-9-18-14-19(15,16)13-7-6-11-4-2-3-5-12(11)10-13/h6-7,10,14H,2-5,8-9H2,1H3. The van der Waals surface area contributed by atoms with Gasteiger partial charge in [-0.3, -0.25) is 4.84 Å². The van der Waals surface area contributed by atoms with Crippen LogP contribution in [0, 0.1) is 0 Å². The summed E-state index contributed by atoms with van der Waals surface area (Å²) in [4.78, 5) is 7.24. The van der Waals surface area contributed by atoms with Crippen LogP contribution in [0.5, 0.6) is 0 Å². The van der Waals surface area contributed by atoms with Crippen LogP contribution in [0.4, 0.5) is 0 Å². The van der Waals surface area contributed by atoms with Gasteiger partial charge in [-0.25, -0.2) is 8.42 Å². The van der Waals surface area contributed by atoms with Crippen molar-refractivity contribution in [2.45, 2.75) is 30.6 Å². The molecule has 1 aromatic carbocycles. The Hall–Kier alpha value is -0.950. The molecule has 106 valence electrons. The van der Waals surface area contributed by atoms with Crippen molar-refractivity contribution in [2.75, 3.05) is 20.3 Å². The molecule has 0 fully saturated rings. The average Bonchev–Trinajstić information content (AvgIpc) is 2.43. The second-order valence-electron chi connectivity index (χ2n) is 4.57. The van der Waals surface area contributed by atoms with Gasteiger partial charge in [0.1, 0.15) is 0 Å². The maximum Gasteiger partial charge on any atom is 0.262 e. The van der Waals surface area contributed by atoms with Gasteiger partial charge in [-0.15, -0.1) is 0 Å². The highest BCUT2D eigenvalue weighted by atomic mass is 32.2. The van der Waals surface area contributed by atoms with Gasteiger partial charge in [0, 0.05) is 7.11 Å². The van der Waals surface area contributed by atoms with E-state index in [1.165, 1.54) is 19.1 Å². The third-order valence-electron chi connectivity index (χ3n) is 3.19. The Labute approximate surface area is 113 Å². The van der Waals surface area contributed by atoms with E-state index in [9.17, 15) is 8.42 Å². The predicted octanol–water partition coefficient (Wildman–Crippen LogP) is 1.42. The Morgan fingerprint density at radius 1 is 1.16 bits per heavy atom. The molecule has 6 heteroatoms. The van der Waals surface area contributed by atoms with Crippen molar-refractivity contribution in [1.82, 2.24) is 4.89 Å². The highest BCUT2D eigenvalue weighted by Gasteiger charge is 2.17. The summed E-state index contributed by atoms with van der Waals surface area (Å²) in [6, 6.07) is 5.28. The summed E-state index contributed by atoms with van der Waals surface area (Å²) < 4.78 is 28.8. The smallest absolute Gasteiger partial charge is 0.262 e. The zero-order valence-corrected chi connectivity index (χ0v) is 11.8. The lowest BCUT2D eigenvalue weighted by Crippen LogP contribution is -2.26. The Morgan fingerprint density at radius 2 is 1.89 bits per heavy atom. The molecule has 1 aromatic rings. The molecule has 0 bridgehead atoms. The van der Waals surface area contributed by atoms with Gasteiger partial charge >= 0.3 is 0 Å². The number of aryl methyl sites for hydroxylation is 2. The zero-order chi connectivity index (χ0) is 13.7. The third-order valence-corrected chi connectivity index (χ3v) is 4.40. The van der Waals surface area contributed by atoms with E-state index in [0.29, 0.717) is 6.61 Å². The highest BCUT2D eigenvalue weighted by Crippen LogP contribution is 2.23. The van der Waals surface area contributed by atoms with Gasteiger partial charge in [0.25, 0.3) is 10.0 Å². The van der Waals surface area contributed by atoms with Crippen LogP contribution >= 0.6 is 0 Å². The molecule has 0 radical (unpaired) electrons. The highest BCUT2D eigenvalue weighted by molar-refractivity contribution is 7.89. The van der Waals surface area contributed by atoms with Crippen LogP contribution in [0.25, 0.3) is 0 Å². The van der Waals surface area contributed by atoms with Crippen molar-refractivity contribution < 1.29 is 18.0 Å². The number of fused-ring (bicyclic) bond motifs is 1. The minimum atomic E-state index is -3.60. The fourth-order valence-corrected chi connectivity index (χ4v) is 3.05. The Kier molecular flexibility index (Phi) is 4.93. The van der Waals surface area contributed by atoms with Gasteiger partial charge in [-0.2, -0.15) is 0 Å². The summed E-state index contributed by atoms with van der Waals surface area (Å²) in [5.74, 6) is 0. The number of rotatable bonds is 6. The first-order valence-electron chi connectivity index (χ1n) is 6.38. The summed E-state index contributed by atoms with van der Waals surface area (Å²) in [6.07, 6.45) is 4.28. The van der Waals surface area contributed by atoms with Crippen LogP contribution in [-0.4, -0.2) is 28.7 Å². The summed E-state index contributed by atoms with van der Waals surface area (Å²) in [5.41, 5.74) is 2.39. The van der Waals surface area contributed by atoms with E-state index in [-0.39, 0.29) is 11.5 Å². The van der Waals surface area contributed by atoms with Crippen LogP contribution in [0.1, 0.15) is 24.0 Å². The average molecular weight is 285 g/mol. The molecule has 19 heavy (non-hydrogen) atoms. The Bertz CT molecular complexity index is 527. The van der Waals surface area contributed by atoms with E-state index in [4.69, 9.17) is 9.57 Å². The van der Waals surface area contributed by atoms with Gasteiger partial charge in [0.05, 0.1) is 18.1 Å². The van der Waals surface area contributed by atoms with Crippen molar-refractivity contribution in [3.63, 3.8) is 0 Å². The van der Waals surface area contributed by atoms with Crippen LogP contribution in [-0.2, 0) is 32.4 Å². The maximum absolute atomic E-state index is 12.0. The lowest BCUT2D eigenvalue weighted by molar-refractivity contribution is 0.0438. The minimum absolute atomic E-state index is 0.181. The number of methoxy groups -OCH3 is 1. The molecular weight excluding hydrogens is 266 g/mol. The van der Waals surface area contributed by atoms with Crippen LogP contribution < -0.4 is 4.89 Å². The molecule has 0 spiro atoms. The molecule has 2 rings (SSSR count). The third kappa shape index (κ3) is 3.76. The molecule has 5 nitrogen and oxygen atoms in total. The molecule has 0 amide bonds. The van der Waals surface area contributed by atoms with Gasteiger partial charge in [-0.1, -0.05) is 11.0 Å². The van der Waals surface area contributed by atoms with Crippen LogP contribution in [0.2, 0.25) is 0 Å². The summed E-state index contributed by atoms with van der Waals surface area (Å²) >= 11 is 0. The molecule has 0 atom stereocenters. The summed E-state index contributed by atoms with van der Waals surface area (Å²) in [7, 11) is -2.07. The van der Waals surface area contributed by atoms with Crippen molar-refractivity contribution in [2.24, 2.45) is 0 Å². The molecule has 1 aliphatic carbocycles. The van der Waals surface area contributed by atoms with Crippen molar-refractivity contribution in [3.8, 4) is 0 Å². The monoisotopic (exact) mass is 285 g/mol. The summed E-state index contributed by atoms with van der Waals surface area (Å²) in [5, 5.41) is 0. The molecule has 0 heterocycles. The van der Waals surface area contributed by atoms with E-state index in [0.717, 1.165) is 24.8 Å². The van der Waals surface area contributed by atoms with Gasteiger partial charge in [0.2, 0.25) is 0 Å². The van der Waals surface area contributed by atoms with E-state index in [2.05, 4.69) is 4.89 Å². The molecule has 1 aliphatic rings. The topological polar surface area (TPSA) is 64.6 Å². The molecule has 1 N–H and O–H groups in total. The lowest BCUT2D eigenvalue weighted by Gasteiger charge is -2.16. The number of ether oxygens (including phenoxy) is 1. The molecular formula is C13H19NO4S. The molecule has 0 saturated heterocycles. The second kappa shape index (κ2) is 6.47. The van der Waals surface area contributed by atoms with Crippen molar-refractivity contribution in [1.29, 1.82) is 0 Å². The van der Waals surface area contributed by atoms with E-state index in [1.54, 1.807) is 12.1 Å². The predicted molar refractivity (Wildman–Crippen MR) is 71.2 cm³/mol. The molecule has 0 aromatic heterocycles. The van der Waals surface area contributed by atoms with Crippen LogP contribution in [0.3, 0.4) is 0 Å². The van der Waals surface area contributed by atoms with Crippen LogP contribution in [0.15, 0.2) is 23.1 Å². The van der Waals surface area contributed by atoms with Crippen molar-refractivity contribution >= 4 is 10.0 Å². The number of hydrogen-bond acceptors (Lipinski definition) is 4. The fourth-order valence-electron chi connectivity index (χ4n) is 2.17. The minimum Gasteiger partial charge on any atom is -0.382 e. The number of sulfonamides is 1. The van der Waals surface area contributed by atoms with Crippen molar-refractivity contribution in [3.05, 3.63) is 29.3 Å². The Morgan fingerprint density at radius 3 is 2.63 bits per heavy atom. The van der Waals surface area contributed by atoms with Gasteiger partial charge < -0.3 is 4.74 Å². The van der Waals surface area contributed by atoms with E-state index in [1.807, 2.05) is 6.07 Å². The molecule has 0 saturated carbocycles.